The molecule has 0 bridgehead atoms. The first-order valence-corrected chi connectivity index (χ1v) is 8.24. The van der Waals surface area contributed by atoms with Gasteiger partial charge in [-0.05, 0) is 29.5 Å². The number of nitrogens with one attached hydrogen (secondary N) is 1. The highest BCUT2D eigenvalue weighted by atomic mass is 35.5. The summed E-state index contributed by atoms with van der Waals surface area (Å²) in [4.78, 5) is 1.54. The molecular formula is C17H31ClN2+2. The van der Waals surface area contributed by atoms with Crippen molar-refractivity contribution < 1.29 is 10.2 Å². The van der Waals surface area contributed by atoms with Gasteiger partial charge in [-0.15, -0.1) is 0 Å². The van der Waals surface area contributed by atoms with Crippen LogP contribution in [0.3, 0.4) is 0 Å². The van der Waals surface area contributed by atoms with Gasteiger partial charge in [-0.1, -0.05) is 37.6 Å². The topological polar surface area (TPSA) is 21.1 Å². The van der Waals surface area contributed by atoms with Crippen LogP contribution in [0.15, 0.2) is 24.3 Å². The molecule has 0 spiro atoms. The van der Waals surface area contributed by atoms with Crippen molar-refractivity contribution in [2.45, 2.75) is 32.6 Å². The maximum absolute atomic E-state index is 5.97. The highest BCUT2D eigenvalue weighted by molar-refractivity contribution is 6.30. The Bertz CT molecular complexity index is 360. The Morgan fingerprint density at radius 1 is 1.10 bits per heavy atom. The van der Waals surface area contributed by atoms with Crippen molar-refractivity contribution in [3.05, 3.63) is 34.9 Å². The van der Waals surface area contributed by atoms with E-state index in [1.165, 1.54) is 38.0 Å². The van der Waals surface area contributed by atoms with Crippen molar-refractivity contribution in [3.8, 4) is 0 Å². The van der Waals surface area contributed by atoms with Gasteiger partial charge in [-0.3, -0.25) is 0 Å². The number of hydrogen-bond donors (Lipinski definition) is 2. The zero-order chi connectivity index (χ0) is 15.0. The van der Waals surface area contributed by atoms with Crippen molar-refractivity contribution in [1.82, 2.24) is 0 Å². The van der Waals surface area contributed by atoms with Gasteiger partial charge in [0.15, 0.2) is 0 Å². The number of nitrogens with two attached hydrogens (primary N) is 1. The minimum Gasteiger partial charge on any atom is -0.346 e. The molecule has 1 aromatic carbocycles. The molecule has 1 aromatic rings. The van der Waals surface area contributed by atoms with E-state index in [4.69, 9.17) is 11.6 Å². The van der Waals surface area contributed by atoms with Crippen LogP contribution < -0.4 is 10.2 Å². The van der Waals surface area contributed by atoms with Crippen LogP contribution in [-0.2, 0) is 0 Å². The van der Waals surface area contributed by atoms with Gasteiger partial charge in [-0.2, -0.15) is 0 Å². The third-order valence-electron chi connectivity index (χ3n) is 3.87. The highest BCUT2D eigenvalue weighted by Gasteiger charge is 2.16. The Balaban J connectivity index is 2.35. The summed E-state index contributed by atoms with van der Waals surface area (Å²) in [6.07, 6.45) is 2.55. The van der Waals surface area contributed by atoms with Crippen molar-refractivity contribution in [1.29, 1.82) is 0 Å². The normalized spacial score (nSPS) is 13.2. The molecule has 3 heteroatoms. The first kappa shape index (κ1) is 17.5. The molecule has 0 unspecified atom stereocenters. The molecule has 0 saturated carbocycles. The monoisotopic (exact) mass is 298 g/mol. The second kappa shape index (κ2) is 9.38. The van der Waals surface area contributed by atoms with Crippen LogP contribution >= 0.6 is 11.6 Å². The summed E-state index contributed by atoms with van der Waals surface area (Å²) < 4.78 is 0. The van der Waals surface area contributed by atoms with Crippen LogP contribution in [0.1, 0.15) is 38.2 Å². The maximum atomic E-state index is 5.97. The van der Waals surface area contributed by atoms with Gasteiger partial charge in [-0.25, -0.2) is 0 Å². The van der Waals surface area contributed by atoms with E-state index < -0.39 is 0 Å². The summed E-state index contributed by atoms with van der Waals surface area (Å²) in [5, 5.41) is 3.29. The molecule has 0 aliphatic carbocycles. The first-order valence-electron chi connectivity index (χ1n) is 7.87. The Kier molecular flexibility index (Phi) is 8.20. The van der Waals surface area contributed by atoms with Crippen LogP contribution in [-0.4, -0.2) is 33.7 Å². The van der Waals surface area contributed by atoms with E-state index in [9.17, 15) is 0 Å². The Hall–Kier alpha value is -0.570. The van der Waals surface area contributed by atoms with Gasteiger partial charge in [0.2, 0.25) is 0 Å². The zero-order valence-electron chi connectivity index (χ0n) is 13.5. The molecule has 20 heavy (non-hydrogen) atoms. The van der Waals surface area contributed by atoms with Gasteiger partial charge in [0.25, 0.3) is 0 Å². The van der Waals surface area contributed by atoms with Crippen LogP contribution in [0.2, 0.25) is 5.02 Å². The molecule has 0 aromatic heterocycles. The Morgan fingerprint density at radius 2 is 1.75 bits per heavy atom. The van der Waals surface area contributed by atoms with Crippen molar-refractivity contribution in [3.63, 3.8) is 0 Å². The highest BCUT2D eigenvalue weighted by Crippen LogP contribution is 2.28. The van der Waals surface area contributed by atoms with Crippen LogP contribution in [0.5, 0.6) is 0 Å². The summed E-state index contributed by atoms with van der Waals surface area (Å²) in [6, 6.07) is 8.39. The van der Waals surface area contributed by atoms with Crippen LogP contribution in [0.25, 0.3) is 0 Å². The lowest BCUT2D eigenvalue weighted by molar-refractivity contribution is -0.860. The second-order valence-corrected chi connectivity index (χ2v) is 6.80. The average molecular weight is 299 g/mol. The summed E-state index contributed by atoms with van der Waals surface area (Å²) in [6.45, 7) is 8.36. The smallest absolute Gasteiger partial charge is 0.0821 e. The molecule has 1 atom stereocenters. The fraction of sp³-hybridized carbons (Fsp3) is 0.647. The largest absolute Gasteiger partial charge is 0.346 e. The molecule has 0 heterocycles. The molecule has 0 aliphatic rings. The number of hydrogen-bond acceptors (Lipinski definition) is 0. The quantitative estimate of drug-likeness (QED) is 0.646. The Labute approximate surface area is 129 Å². The standard InChI is InChI=1S/C17H29ClN2/c1-14(2)17(15-6-8-16(18)9-7-15)10-12-19-11-5-13-20(3)4/h6-9,14,17,19H,5,10-13H2,1-4H3/p+2/t17-/m0/s1. The van der Waals surface area contributed by atoms with Gasteiger partial charge < -0.3 is 10.2 Å². The molecule has 3 N–H and O–H groups in total. The fourth-order valence-corrected chi connectivity index (χ4v) is 2.76. The molecule has 1 rings (SSSR count). The molecular weight excluding hydrogens is 268 g/mol. The zero-order valence-corrected chi connectivity index (χ0v) is 14.2. The van der Waals surface area contributed by atoms with Crippen molar-refractivity contribution >= 4 is 11.6 Å². The van der Waals surface area contributed by atoms with Gasteiger partial charge in [0.1, 0.15) is 0 Å². The maximum Gasteiger partial charge on any atom is 0.0821 e. The molecule has 0 amide bonds. The minimum atomic E-state index is 0.642. The van der Waals surface area contributed by atoms with Crippen LogP contribution in [0.4, 0.5) is 0 Å². The molecule has 114 valence electrons. The molecule has 0 aliphatic heterocycles. The number of halogens is 1. The summed E-state index contributed by atoms with van der Waals surface area (Å²) >= 11 is 5.97. The van der Waals surface area contributed by atoms with E-state index in [1.807, 2.05) is 12.1 Å². The second-order valence-electron chi connectivity index (χ2n) is 6.37. The first-order chi connectivity index (χ1) is 9.50. The van der Waals surface area contributed by atoms with Crippen LogP contribution in [0, 0.1) is 5.92 Å². The van der Waals surface area contributed by atoms with E-state index in [1.54, 1.807) is 4.90 Å². The summed E-state index contributed by atoms with van der Waals surface area (Å²) in [7, 11) is 4.44. The van der Waals surface area contributed by atoms with Crippen molar-refractivity contribution in [2.24, 2.45) is 5.92 Å². The molecule has 0 fully saturated rings. The Morgan fingerprint density at radius 3 is 2.30 bits per heavy atom. The minimum absolute atomic E-state index is 0.642. The molecule has 0 saturated heterocycles. The predicted octanol–water partition coefficient (Wildman–Crippen LogP) is 1.57. The van der Waals surface area contributed by atoms with E-state index in [2.05, 4.69) is 45.4 Å². The summed E-state index contributed by atoms with van der Waals surface area (Å²) in [5.74, 6) is 1.32. The number of quaternary nitrogens is 2. The number of benzene rings is 1. The average Bonchev–Trinajstić information content (AvgIpc) is 2.38. The summed E-state index contributed by atoms with van der Waals surface area (Å²) in [5.41, 5.74) is 1.43. The van der Waals surface area contributed by atoms with Crippen molar-refractivity contribution in [2.75, 3.05) is 33.7 Å². The van der Waals surface area contributed by atoms with Gasteiger partial charge in [0.05, 0.1) is 33.7 Å². The van der Waals surface area contributed by atoms with Gasteiger partial charge >= 0.3 is 0 Å². The third kappa shape index (κ3) is 6.74. The lowest BCUT2D eigenvalue weighted by Crippen LogP contribution is -3.06. The fourth-order valence-electron chi connectivity index (χ4n) is 2.64. The van der Waals surface area contributed by atoms with Gasteiger partial charge in [0, 0.05) is 17.9 Å². The van der Waals surface area contributed by atoms with E-state index in [0.29, 0.717) is 11.8 Å². The SMILES string of the molecule is CC(C)[C@H](CC[NH2+]CCC[NH+](C)C)c1ccc(Cl)cc1. The van der Waals surface area contributed by atoms with E-state index >= 15 is 0 Å². The molecule has 0 radical (unpaired) electrons. The lowest BCUT2D eigenvalue weighted by atomic mass is 9.86. The third-order valence-corrected chi connectivity index (χ3v) is 4.12. The van der Waals surface area contributed by atoms with E-state index in [-0.39, 0.29) is 0 Å². The molecule has 2 nitrogen and oxygen atoms in total. The van der Waals surface area contributed by atoms with E-state index in [0.717, 1.165) is 5.02 Å². The lowest BCUT2D eigenvalue weighted by Gasteiger charge is -2.20. The number of rotatable bonds is 9. The predicted molar refractivity (Wildman–Crippen MR) is 87.6 cm³/mol.